The van der Waals surface area contributed by atoms with Crippen molar-refractivity contribution in [2.75, 3.05) is 61.2 Å². The van der Waals surface area contributed by atoms with Gasteiger partial charge in [-0.25, -0.2) is 0 Å². The lowest BCUT2D eigenvalue weighted by Gasteiger charge is -2.43. The van der Waals surface area contributed by atoms with Gasteiger partial charge < -0.3 is 25.0 Å². The van der Waals surface area contributed by atoms with Crippen LogP contribution in [-0.4, -0.2) is 77.6 Å². The molecule has 0 aromatic rings. The average Bonchev–Trinajstić information content (AvgIpc) is 2.43. The van der Waals surface area contributed by atoms with Crippen LogP contribution in [0, 0.1) is 0 Å². The van der Waals surface area contributed by atoms with Gasteiger partial charge in [0.15, 0.2) is 5.96 Å². The van der Waals surface area contributed by atoms with Crippen LogP contribution in [-0.2, 0) is 9.47 Å². The Morgan fingerprint density at radius 1 is 1.32 bits per heavy atom. The van der Waals surface area contributed by atoms with Crippen molar-refractivity contribution in [1.82, 2.24) is 15.5 Å². The van der Waals surface area contributed by atoms with Crippen molar-refractivity contribution in [3.05, 3.63) is 0 Å². The Morgan fingerprint density at radius 3 is 2.53 bits per heavy atom. The smallest absolute Gasteiger partial charge is 0.191 e. The Bertz CT molecular complexity index is 276. The quantitative estimate of drug-likeness (QED) is 0.402. The van der Waals surface area contributed by atoms with Crippen LogP contribution in [0.3, 0.4) is 0 Å². The van der Waals surface area contributed by atoms with E-state index in [1.165, 1.54) is 0 Å². The number of rotatable bonds is 6. The van der Waals surface area contributed by atoms with Gasteiger partial charge in [-0.1, -0.05) is 0 Å². The summed E-state index contributed by atoms with van der Waals surface area (Å²) in [6.45, 7) is 3.96. The van der Waals surface area contributed by atoms with E-state index >= 15 is 0 Å². The predicted octanol–water partition coefficient (Wildman–Crippen LogP) is -0.0914. The molecule has 0 aromatic heterocycles. The van der Waals surface area contributed by atoms with E-state index in [-0.39, 0.29) is 5.54 Å². The number of likely N-dealkylation sites (N-methyl/N-ethyl adjacent to an activating group) is 1. The molecule has 1 rings (SSSR count). The van der Waals surface area contributed by atoms with E-state index in [1.807, 2.05) is 0 Å². The second-order valence-electron chi connectivity index (χ2n) is 5.08. The van der Waals surface area contributed by atoms with E-state index < -0.39 is 0 Å². The summed E-state index contributed by atoms with van der Waals surface area (Å²) in [6, 6.07) is 0. The third-order valence-electron chi connectivity index (χ3n) is 3.78. The molecule has 2 N–H and O–H groups in total. The Morgan fingerprint density at radius 2 is 2.00 bits per heavy atom. The summed E-state index contributed by atoms with van der Waals surface area (Å²) in [5.74, 6) is 0.824. The van der Waals surface area contributed by atoms with E-state index in [0.717, 1.165) is 45.1 Å². The van der Waals surface area contributed by atoms with Crippen molar-refractivity contribution in [3.8, 4) is 0 Å². The van der Waals surface area contributed by atoms with E-state index in [9.17, 15) is 0 Å². The molecule has 0 radical (unpaired) electrons. The number of nitrogens with zero attached hydrogens (tertiary/aromatic N) is 2. The highest BCUT2D eigenvalue weighted by molar-refractivity contribution is 5.79. The lowest BCUT2D eigenvalue weighted by atomic mass is 9.88. The zero-order valence-corrected chi connectivity index (χ0v) is 12.7. The minimum Gasteiger partial charge on any atom is -0.383 e. The fraction of sp³-hybridized carbons (Fsp3) is 0.923. The van der Waals surface area contributed by atoms with E-state index in [1.54, 1.807) is 14.2 Å². The standard InChI is InChI=1S/C13H28N4O2/c1-14-12(15-7-10-18-4)16-11-13(17(2)3)5-8-19-9-6-13/h5-11H2,1-4H3,(H2,14,15,16). The third kappa shape index (κ3) is 4.97. The second kappa shape index (κ2) is 8.35. The summed E-state index contributed by atoms with van der Waals surface area (Å²) >= 11 is 0. The molecule has 0 atom stereocenters. The van der Waals surface area contributed by atoms with Crippen molar-refractivity contribution >= 4 is 5.96 Å². The second-order valence-corrected chi connectivity index (χ2v) is 5.08. The summed E-state index contributed by atoms with van der Waals surface area (Å²) in [4.78, 5) is 6.52. The van der Waals surface area contributed by atoms with Crippen molar-refractivity contribution < 1.29 is 9.47 Å². The molecule has 0 spiro atoms. The lowest BCUT2D eigenvalue weighted by Crippen LogP contribution is -2.57. The third-order valence-corrected chi connectivity index (χ3v) is 3.78. The lowest BCUT2D eigenvalue weighted by molar-refractivity contribution is -0.00501. The van der Waals surface area contributed by atoms with Crippen molar-refractivity contribution in [2.24, 2.45) is 4.99 Å². The molecule has 1 saturated heterocycles. The fourth-order valence-corrected chi connectivity index (χ4v) is 2.27. The molecular weight excluding hydrogens is 244 g/mol. The zero-order valence-electron chi connectivity index (χ0n) is 12.7. The topological polar surface area (TPSA) is 58.1 Å². The summed E-state index contributed by atoms with van der Waals surface area (Å²) in [5, 5.41) is 6.64. The van der Waals surface area contributed by atoms with Crippen LogP contribution in [0.15, 0.2) is 4.99 Å². The van der Waals surface area contributed by atoms with Gasteiger partial charge in [-0.15, -0.1) is 0 Å². The number of hydrogen-bond acceptors (Lipinski definition) is 4. The maximum absolute atomic E-state index is 5.47. The van der Waals surface area contributed by atoms with E-state index in [4.69, 9.17) is 9.47 Å². The molecule has 0 saturated carbocycles. The molecule has 0 unspecified atom stereocenters. The number of aliphatic imine (C=N–C) groups is 1. The molecule has 1 aliphatic heterocycles. The molecular formula is C13H28N4O2. The summed E-state index contributed by atoms with van der Waals surface area (Å²) in [5.41, 5.74) is 0.150. The Labute approximate surface area is 116 Å². The maximum atomic E-state index is 5.47. The predicted molar refractivity (Wildman–Crippen MR) is 77.7 cm³/mol. The molecule has 6 nitrogen and oxygen atoms in total. The van der Waals surface area contributed by atoms with Crippen molar-refractivity contribution in [2.45, 2.75) is 18.4 Å². The first-order valence-electron chi connectivity index (χ1n) is 6.83. The maximum Gasteiger partial charge on any atom is 0.191 e. The van der Waals surface area contributed by atoms with Gasteiger partial charge in [0.2, 0.25) is 0 Å². The first-order valence-corrected chi connectivity index (χ1v) is 6.83. The molecule has 0 bridgehead atoms. The van der Waals surface area contributed by atoms with Crippen LogP contribution >= 0.6 is 0 Å². The Kier molecular flexibility index (Phi) is 7.12. The highest BCUT2D eigenvalue weighted by atomic mass is 16.5. The van der Waals surface area contributed by atoms with Crippen LogP contribution < -0.4 is 10.6 Å². The van der Waals surface area contributed by atoms with Crippen LogP contribution in [0.2, 0.25) is 0 Å². The first kappa shape index (κ1) is 16.2. The zero-order chi connectivity index (χ0) is 14.1. The van der Waals surface area contributed by atoms with E-state index in [2.05, 4.69) is 34.6 Å². The van der Waals surface area contributed by atoms with Crippen molar-refractivity contribution in [1.29, 1.82) is 0 Å². The number of nitrogens with one attached hydrogen (secondary N) is 2. The van der Waals surface area contributed by atoms with Gasteiger partial charge in [0.1, 0.15) is 0 Å². The normalized spacial score (nSPS) is 19.5. The molecule has 1 heterocycles. The molecule has 1 fully saturated rings. The molecule has 6 heteroatoms. The highest BCUT2D eigenvalue weighted by Crippen LogP contribution is 2.24. The number of methoxy groups -OCH3 is 1. The van der Waals surface area contributed by atoms with Crippen LogP contribution in [0.1, 0.15) is 12.8 Å². The molecule has 19 heavy (non-hydrogen) atoms. The molecule has 0 amide bonds. The summed E-state index contributed by atoms with van der Waals surface area (Å²) < 4.78 is 10.5. The summed E-state index contributed by atoms with van der Waals surface area (Å²) in [6.07, 6.45) is 2.09. The Balaban J connectivity index is 2.46. The largest absolute Gasteiger partial charge is 0.383 e. The highest BCUT2D eigenvalue weighted by Gasteiger charge is 2.34. The Hall–Kier alpha value is -0.850. The van der Waals surface area contributed by atoms with Gasteiger partial charge >= 0.3 is 0 Å². The van der Waals surface area contributed by atoms with Gasteiger partial charge in [-0.2, -0.15) is 0 Å². The van der Waals surface area contributed by atoms with E-state index in [0.29, 0.717) is 6.61 Å². The summed E-state index contributed by atoms with van der Waals surface area (Å²) in [7, 11) is 7.75. The minimum atomic E-state index is 0.150. The monoisotopic (exact) mass is 272 g/mol. The molecule has 0 aromatic carbocycles. The van der Waals surface area contributed by atoms with Crippen molar-refractivity contribution in [3.63, 3.8) is 0 Å². The molecule has 0 aliphatic carbocycles. The first-order chi connectivity index (χ1) is 9.14. The SMILES string of the molecule is CN=C(NCCOC)NCC1(N(C)C)CCOCC1. The van der Waals surface area contributed by atoms with Crippen LogP contribution in [0.4, 0.5) is 0 Å². The number of ether oxygens (including phenoxy) is 2. The fourth-order valence-electron chi connectivity index (χ4n) is 2.27. The molecule has 112 valence electrons. The molecule has 1 aliphatic rings. The number of hydrogen-bond donors (Lipinski definition) is 2. The number of guanidine groups is 1. The van der Waals surface area contributed by atoms with Gasteiger partial charge in [0, 0.05) is 46.0 Å². The van der Waals surface area contributed by atoms with Crippen LogP contribution in [0.25, 0.3) is 0 Å². The van der Waals surface area contributed by atoms with Gasteiger partial charge in [0.25, 0.3) is 0 Å². The van der Waals surface area contributed by atoms with Gasteiger partial charge in [-0.05, 0) is 26.9 Å². The minimum absolute atomic E-state index is 0.150. The van der Waals surface area contributed by atoms with Gasteiger partial charge in [-0.3, -0.25) is 4.99 Å². The average molecular weight is 272 g/mol. The van der Waals surface area contributed by atoms with Gasteiger partial charge in [0.05, 0.1) is 6.61 Å². The van der Waals surface area contributed by atoms with Crippen LogP contribution in [0.5, 0.6) is 0 Å².